The van der Waals surface area contributed by atoms with Crippen LogP contribution in [0.3, 0.4) is 0 Å². The molecule has 0 radical (unpaired) electrons. The van der Waals surface area contributed by atoms with Gasteiger partial charge >= 0.3 is 6.09 Å². The molecule has 2 aromatic rings. The van der Waals surface area contributed by atoms with Gasteiger partial charge in [0.25, 0.3) is 5.56 Å². The third-order valence-corrected chi connectivity index (χ3v) is 11.7. The summed E-state index contributed by atoms with van der Waals surface area (Å²) in [5, 5.41) is 4.89. The first-order valence-electron chi connectivity index (χ1n) is 21.4. The zero-order valence-corrected chi connectivity index (χ0v) is 33.7. The molecule has 0 fully saturated rings. The Bertz CT molecular complexity index is 1480. The van der Waals surface area contributed by atoms with Gasteiger partial charge < -0.3 is 14.8 Å². The normalized spacial score (nSPS) is 16.0. The molecule has 1 aromatic heterocycles. The average Bonchev–Trinajstić information content (AvgIpc) is 3.66. The van der Waals surface area contributed by atoms with E-state index in [1.807, 2.05) is 23.9 Å². The molecule has 0 saturated heterocycles. The van der Waals surface area contributed by atoms with Crippen LogP contribution in [0.4, 0.5) is 4.79 Å². The number of carbonyl (C=O) groups excluding carboxylic acids is 1. The minimum absolute atomic E-state index is 0.326. The molecule has 2 aliphatic rings. The highest BCUT2D eigenvalue weighted by atomic mass is 32.2. The maximum Gasteiger partial charge on any atom is 0.421 e. The van der Waals surface area contributed by atoms with E-state index in [-0.39, 0.29) is 5.56 Å². The summed E-state index contributed by atoms with van der Waals surface area (Å²) >= 11 is 2.01. The van der Waals surface area contributed by atoms with Gasteiger partial charge in [-0.15, -0.1) is 11.8 Å². The molecule has 1 N–H and O–H groups in total. The highest BCUT2D eigenvalue weighted by Crippen LogP contribution is 2.33. The molecule has 53 heavy (non-hydrogen) atoms. The van der Waals surface area contributed by atoms with Crippen LogP contribution in [-0.2, 0) is 4.74 Å². The molecule has 1 unspecified atom stereocenters. The fourth-order valence-corrected chi connectivity index (χ4v) is 8.45. The first-order chi connectivity index (χ1) is 26.2. The van der Waals surface area contributed by atoms with Gasteiger partial charge in [0.15, 0.2) is 0 Å². The van der Waals surface area contributed by atoms with Crippen LogP contribution in [0.15, 0.2) is 63.9 Å². The van der Waals surface area contributed by atoms with Gasteiger partial charge in [-0.3, -0.25) is 9.79 Å². The Labute approximate surface area is 324 Å². The van der Waals surface area contributed by atoms with Crippen LogP contribution in [0.1, 0.15) is 148 Å². The molecule has 1 aliphatic heterocycles. The van der Waals surface area contributed by atoms with Gasteiger partial charge in [0, 0.05) is 29.7 Å². The largest absolute Gasteiger partial charge is 0.494 e. The van der Waals surface area contributed by atoms with Crippen LogP contribution in [0.2, 0.25) is 0 Å². The number of nitrogens with one attached hydrogen (secondary N) is 1. The Morgan fingerprint density at radius 1 is 0.792 bits per heavy atom. The van der Waals surface area contributed by atoms with E-state index >= 15 is 0 Å². The third-order valence-electron chi connectivity index (χ3n) is 10.5. The van der Waals surface area contributed by atoms with Crippen molar-refractivity contribution in [2.24, 2.45) is 4.99 Å². The van der Waals surface area contributed by atoms with Crippen molar-refractivity contribution in [1.82, 2.24) is 9.88 Å². The second-order valence-electron chi connectivity index (χ2n) is 14.9. The van der Waals surface area contributed by atoms with E-state index in [4.69, 9.17) is 14.5 Å². The number of aromatic nitrogens is 1. The second kappa shape index (κ2) is 26.9. The van der Waals surface area contributed by atoms with Crippen molar-refractivity contribution in [3.8, 4) is 5.75 Å². The summed E-state index contributed by atoms with van der Waals surface area (Å²) in [5.74, 6) is 1.75. The van der Waals surface area contributed by atoms with E-state index < -0.39 is 6.09 Å². The number of carbonyl (C=O) groups is 1. The Morgan fingerprint density at radius 2 is 1.42 bits per heavy atom. The molecule has 294 valence electrons. The number of aliphatic imine (C=N–C) groups is 1. The van der Waals surface area contributed by atoms with Crippen molar-refractivity contribution in [1.29, 1.82) is 0 Å². The van der Waals surface area contributed by atoms with Crippen LogP contribution in [0.25, 0.3) is 10.9 Å². The zero-order chi connectivity index (χ0) is 37.2. The van der Waals surface area contributed by atoms with Gasteiger partial charge in [0.05, 0.1) is 31.0 Å². The number of allylic oxidation sites excluding steroid dienone is 2. The van der Waals surface area contributed by atoms with Crippen molar-refractivity contribution in [2.45, 2.75) is 153 Å². The number of hydrogen-bond acceptors (Lipinski definition) is 7. The van der Waals surface area contributed by atoms with Crippen LogP contribution in [0, 0.1) is 0 Å². The first kappa shape index (κ1) is 42.9. The maximum absolute atomic E-state index is 13.0. The number of rotatable bonds is 29. The Hall–Kier alpha value is -2.84. The van der Waals surface area contributed by atoms with E-state index in [1.165, 1.54) is 114 Å². The smallest absolute Gasteiger partial charge is 0.421 e. The summed E-state index contributed by atoms with van der Waals surface area (Å²) in [7, 11) is 0. The van der Waals surface area contributed by atoms with Gasteiger partial charge in [0.1, 0.15) is 5.75 Å². The predicted octanol–water partition coefficient (Wildman–Crippen LogP) is 11.6. The fraction of sp³-hybridized carbons (Fsp3) is 0.667. The van der Waals surface area contributed by atoms with E-state index in [1.54, 1.807) is 12.1 Å². The summed E-state index contributed by atoms with van der Waals surface area (Å²) in [4.78, 5) is 30.6. The first-order valence-corrected chi connectivity index (χ1v) is 22.4. The summed E-state index contributed by atoms with van der Waals surface area (Å²) in [6, 6.07) is 8.72. The summed E-state index contributed by atoms with van der Waals surface area (Å²) < 4.78 is 12.7. The highest BCUT2D eigenvalue weighted by Gasteiger charge is 2.24. The van der Waals surface area contributed by atoms with Gasteiger partial charge in [-0.25, -0.2) is 9.36 Å². The zero-order valence-electron chi connectivity index (χ0n) is 32.9. The van der Waals surface area contributed by atoms with Gasteiger partial charge in [-0.2, -0.15) is 0 Å². The molecule has 2 heterocycles. The molecule has 1 aromatic carbocycles. The number of benzene rings is 1. The number of fused-ring (bicyclic) bond motifs is 2. The molecule has 0 amide bonds. The number of pyridine rings is 1. The molecule has 8 heteroatoms. The summed E-state index contributed by atoms with van der Waals surface area (Å²) in [5.41, 5.74) is 2.71. The molecule has 0 saturated carbocycles. The topological polar surface area (TPSA) is 81.9 Å². The van der Waals surface area contributed by atoms with Crippen molar-refractivity contribution < 1.29 is 14.3 Å². The molecule has 1 aliphatic carbocycles. The minimum Gasteiger partial charge on any atom is -0.494 e. The van der Waals surface area contributed by atoms with E-state index in [9.17, 15) is 9.59 Å². The lowest BCUT2D eigenvalue weighted by atomic mass is 9.98. The molecular formula is C45H69N3O4S. The van der Waals surface area contributed by atoms with Crippen LogP contribution < -0.4 is 15.6 Å². The van der Waals surface area contributed by atoms with E-state index in [2.05, 4.69) is 30.5 Å². The van der Waals surface area contributed by atoms with Gasteiger partial charge in [-0.1, -0.05) is 135 Å². The lowest BCUT2D eigenvalue weighted by Crippen LogP contribution is -2.27. The van der Waals surface area contributed by atoms with Crippen molar-refractivity contribution in [3.05, 3.63) is 64.5 Å². The molecule has 7 nitrogen and oxygen atoms in total. The lowest BCUT2D eigenvalue weighted by Gasteiger charge is -2.17. The van der Waals surface area contributed by atoms with Crippen LogP contribution >= 0.6 is 11.8 Å². The molecule has 4 rings (SSSR count). The number of nitrogens with zero attached hydrogens (tertiary/aromatic N) is 2. The molecular weight excluding hydrogens is 679 g/mol. The van der Waals surface area contributed by atoms with Crippen LogP contribution in [0.5, 0.6) is 5.75 Å². The quantitative estimate of drug-likeness (QED) is 0.0835. The van der Waals surface area contributed by atoms with Crippen molar-refractivity contribution in [2.75, 3.05) is 38.6 Å². The van der Waals surface area contributed by atoms with Gasteiger partial charge in [-0.05, 0) is 67.5 Å². The van der Waals surface area contributed by atoms with E-state index in [0.717, 1.165) is 79.6 Å². The minimum atomic E-state index is -0.616. The molecule has 0 spiro atoms. The summed E-state index contributed by atoms with van der Waals surface area (Å²) in [6.45, 7) is 5.73. The second-order valence-corrected chi connectivity index (χ2v) is 16.1. The van der Waals surface area contributed by atoms with Crippen molar-refractivity contribution in [3.63, 3.8) is 0 Å². The molecule has 1 atom stereocenters. The standard InChI is InChI=1S/C45H69N3O4S/c1-2-3-4-5-6-7-8-9-10-11-12-13-14-15-16-17-18-19-21-35-52-45(50)48-42-37-39(28-26-38(42)27-29-44(48)49)51-34-22-20-31-46-32-33-47-41-24-23-25-43-40(41)30-36-53-43/h23-24,26-30,37,43,46H,2-22,25,31-36H2,1H3. The Balaban J connectivity index is 1.00. The van der Waals surface area contributed by atoms with E-state index in [0.29, 0.717) is 29.7 Å². The number of hydrogen-bond donors (Lipinski definition) is 1. The highest BCUT2D eigenvalue weighted by molar-refractivity contribution is 8.00. The Kier molecular flexibility index (Phi) is 21.7. The average molecular weight is 748 g/mol. The predicted molar refractivity (Wildman–Crippen MR) is 226 cm³/mol. The van der Waals surface area contributed by atoms with Crippen LogP contribution in [-0.4, -0.2) is 60.2 Å². The monoisotopic (exact) mass is 748 g/mol. The van der Waals surface area contributed by atoms with Crippen molar-refractivity contribution >= 4 is 34.5 Å². The Morgan fingerprint density at radius 3 is 2.09 bits per heavy atom. The van der Waals surface area contributed by atoms with Gasteiger partial charge in [0.2, 0.25) is 0 Å². The SMILES string of the molecule is CCCCCCCCCCCCCCCCCCCCCOC(=O)n1c(=O)ccc2ccc(OCCCCNCCN=C3C=CCC4SCC=C34)cc21. The fourth-order valence-electron chi connectivity index (χ4n) is 7.30. The number of ether oxygens (including phenoxy) is 2. The summed E-state index contributed by atoms with van der Waals surface area (Å²) in [6.07, 6.45) is 34.3. The molecule has 0 bridgehead atoms. The number of thioether (sulfide) groups is 1. The number of unbranched alkanes of at least 4 members (excludes halogenated alkanes) is 19. The maximum atomic E-state index is 13.0. The lowest BCUT2D eigenvalue weighted by molar-refractivity contribution is 0.145. The third kappa shape index (κ3) is 16.6.